The number of hydrogen-bond acceptors (Lipinski definition) is 3. The second-order valence-electron chi connectivity index (χ2n) is 6.25. The van der Waals surface area contributed by atoms with Crippen LogP contribution in [0.5, 0.6) is 0 Å². The number of amides is 1. The highest BCUT2D eigenvalue weighted by Gasteiger charge is 2.26. The molecule has 0 bridgehead atoms. The van der Waals surface area contributed by atoms with Gasteiger partial charge >= 0.3 is 0 Å². The number of likely N-dealkylation sites (N-methyl/N-ethyl adjacent to an activating group) is 1. The first-order valence-electron chi connectivity index (χ1n) is 7.69. The minimum atomic E-state index is 0.290. The van der Waals surface area contributed by atoms with Gasteiger partial charge in [-0.15, -0.1) is 0 Å². The number of rotatable bonds is 6. The molecule has 0 radical (unpaired) electrons. The summed E-state index contributed by atoms with van der Waals surface area (Å²) in [6, 6.07) is 0.476. The highest BCUT2D eigenvalue weighted by atomic mass is 16.2. The van der Waals surface area contributed by atoms with Gasteiger partial charge in [-0.1, -0.05) is 20.8 Å². The van der Waals surface area contributed by atoms with E-state index in [2.05, 4.69) is 32.6 Å². The van der Waals surface area contributed by atoms with Gasteiger partial charge in [-0.2, -0.15) is 0 Å². The molecule has 19 heavy (non-hydrogen) atoms. The molecule has 1 amide bonds. The molecule has 0 aromatic carbocycles. The van der Waals surface area contributed by atoms with Gasteiger partial charge in [0.15, 0.2) is 0 Å². The van der Waals surface area contributed by atoms with E-state index in [1.165, 1.54) is 0 Å². The number of carbonyl (C=O) groups excluding carboxylic acids is 1. The van der Waals surface area contributed by atoms with Crippen LogP contribution in [-0.2, 0) is 4.79 Å². The zero-order chi connectivity index (χ0) is 14.4. The Morgan fingerprint density at radius 3 is 2.53 bits per heavy atom. The van der Waals surface area contributed by atoms with Gasteiger partial charge in [-0.3, -0.25) is 9.69 Å². The molecule has 0 aromatic rings. The quantitative estimate of drug-likeness (QED) is 0.796. The summed E-state index contributed by atoms with van der Waals surface area (Å²) in [4.78, 5) is 16.8. The molecule has 0 spiro atoms. The maximum absolute atomic E-state index is 12.3. The van der Waals surface area contributed by atoms with Crippen LogP contribution in [0, 0.1) is 11.8 Å². The van der Waals surface area contributed by atoms with E-state index < -0.39 is 0 Å². The van der Waals surface area contributed by atoms with Crippen LogP contribution in [0.3, 0.4) is 0 Å². The number of carbonyl (C=O) groups is 1. The minimum Gasteiger partial charge on any atom is -0.340 e. The van der Waals surface area contributed by atoms with E-state index in [-0.39, 0.29) is 0 Å². The number of nitrogens with two attached hydrogens (primary N) is 1. The molecule has 4 heteroatoms. The summed E-state index contributed by atoms with van der Waals surface area (Å²) >= 11 is 0. The van der Waals surface area contributed by atoms with Crippen LogP contribution in [0.1, 0.15) is 40.5 Å². The van der Waals surface area contributed by atoms with Gasteiger partial charge in [-0.05, 0) is 38.3 Å². The monoisotopic (exact) mass is 269 g/mol. The SMILES string of the molecule is CCN1CCN(C(=O)CC(CN)CC(C)C)CC1C. The normalized spacial score (nSPS) is 22.8. The van der Waals surface area contributed by atoms with Gasteiger partial charge in [0.1, 0.15) is 0 Å². The molecule has 2 N–H and O–H groups in total. The van der Waals surface area contributed by atoms with Gasteiger partial charge in [-0.25, -0.2) is 0 Å². The summed E-state index contributed by atoms with van der Waals surface area (Å²) in [5.74, 6) is 1.24. The number of hydrogen-bond donors (Lipinski definition) is 1. The topological polar surface area (TPSA) is 49.6 Å². The maximum Gasteiger partial charge on any atom is 0.222 e. The second kappa shape index (κ2) is 7.85. The summed E-state index contributed by atoms with van der Waals surface area (Å²) in [7, 11) is 0. The molecule has 0 aliphatic carbocycles. The van der Waals surface area contributed by atoms with Crippen LogP contribution >= 0.6 is 0 Å². The van der Waals surface area contributed by atoms with Crippen molar-refractivity contribution in [3.8, 4) is 0 Å². The largest absolute Gasteiger partial charge is 0.340 e. The van der Waals surface area contributed by atoms with Crippen molar-refractivity contribution in [1.29, 1.82) is 0 Å². The fraction of sp³-hybridized carbons (Fsp3) is 0.933. The molecule has 4 nitrogen and oxygen atoms in total. The molecule has 1 aliphatic heterocycles. The van der Waals surface area contributed by atoms with Crippen LogP contribution in [-0.4, -0.2) is 54.5 Å². The predicted octanol–water partition coefficient (Wildman–Crippen LogP) is 1.55. The molecule has 1 heterocycles. The molecular formula is C15H31N3O. The van der Waals surface area contributed by atoms with Crippen molar-refractivity contribution in [2.24, 2.45) is 17.6 Å². The Bertz CT molecular complexity index is 281. The zero-order valence-corrected chi connectivity index (χ0v) is 13.1. The molecule has 0 aromatic heterocycles. The smallest absolute Gasteiger partial charge is 0.222 e. The standard InChI is InChI=1S/C15H31N3O/c1-5-17-6-7-18(11-13(17)4)15(19)9-14(10-16)8-12(2)3/h12-14H,5-11,16H2,1-4H3. The lowest BCUT2D eigenvalue weighted by molar-refractivity contribution is -0.135. The van der Waals surface area contributed by atoms with E-state index in [0.29, 0.717) is 36.8 Å². The maximum atomic E-state index is 12.3. The van der Waals surface area contributed by atoms with E-state index in [0.717, 1.165) is 32.6 Å². The molecule has 1 fully saturated rings. The van der Waals surface area contributed by atoms with Crippen LogP contribution in [0.25, 0.3) is 0 Å². The molecule has 1 aliphatic rings. The highest BCUT2D eigenvalue weighted by molar-refractivity contribution is 5.76. The van der Waals surface area contributed by atoms with Crippen LogP contribution < -0.4 is 5.73 Å². The van der Waals surface area contributed by atoms with E-state index in [1.54, 1.807) is 0 Å². The summed E-state index contributed by atoms with van der Waals surface area (Å²) in [5, 5.41) is 0. The zero-order valence-electron chi connectivity index (χ0n) is 13.1. The molecule has 112 valence electrons. The lowest BCUT2D eigenvalue weighted by Gasteiger charge is -2.39. The third kappa shape index (κ3) is 5.11. The Labute approximate surface area is 118 Å². The fourth-order valence-electron chi connectivity index (χ4n) is 3.00. The number of piperazine rings is 1. The van der Waals surface area contributed by atoms with E-state index in [9.17, 15) is 4.79 Å². The van der Waals surface area contributed by atoms with Crippen LogP contribution in [0.4, 0.5) is 0 Å². The van der Waals surface area contributed by atoms with Crippen molar-refractivity contribution in [1.82, 2.24) is 9.80 Å². The summed E-state index contributed by atoms with van der Waals surface area (Å²) < 4.78 is 0. The average molecular weight is 269 g/mol. The van der Waals surface area contributed by atoms with E-state index in [1.807, 2.05) is 4.90 Å². The predicted molar refractivity (Wildman–Crippen MR) is 79.9 cm³/mol. The summed E-state index contributed by atoms with van der Waals surface area (Å²) in [5.41, 5.74) is 5.79. The number of nitrogens with zero attached hydrogens (tertiary/aromatic N) is 2. The Balaban J connectivity index is 2.45. The third-order valence-electron chi connectivity index (χ3n) is 4.13. The minimum absolute atomic E-state index is 0.290. The first kappa shape index (κ1) is 16.4. The summed E-state index contributed by atoms with van der Waals surface area (Å²) in [6.07, 6.45) is 1.67. The Kier molecular flexibility index (Phi) is 6.80. The van der Waals surface area contributed by atoms with E-state index in [4.69, 9.17) is 5.73 Å². The fourth-order valence-corrected chi connectivity index (χ4v) is 3.00. The van der Waals surface area contributed by atoms with Gasteiger partial charge in [0.2, 0.25) is 5.91 Å². The average Bonchev–Trinajstić information content (AvgIpc) is 2.37. The first-order valence-corrected chi connectivity index (χ1v) is 7.69. The summed E-state index contributed by atoms with van der Waals surface area (Å²) in [6.45, 7) is 13.2. The van der Waals surface area contributed by atoms with Crippen molar-refractivity contribution >= 4 is 5.91 Å². The van der Waals surface area contributed by atoms with Crippen molar-refractivity contribution in [2.45, 2.75) is 46.6 Å². The molecule has 2 unspecified atom stereocenters. The Morgan fingerprint density at radius 1 is 1.37 bits per heavy atom. The lowest BCUT2D eigenvalue weighted by atomic mass is 9.93. The first-order chi connectivity index (χ1) is 8.97. The van der Waals surface area contributed by atoms with Crippen molar-refractivity contribution in [2.75, 3.05) is 32.7 Å². The molecule has 2 atom stereocenters. The van der Waals surface area contributed by atoms with Crippen LogP contribution in [0.2, 0.25) is 0 Å². The Hall–Kier alpha value is -0.610. The lowest BCUT2D eigenvalue weighted by Crippen LogP contribution is -2.53. The molecule has 0 saturated carbocycles. The third-order valence-corrected chi connectivity index (χ3v) is 4.13. The van der Waals surface area contributed by atoms with Gasteiger partial charge in [0.05, 0.1) is 0 Å². The van der Waals surface area contributed by atoms with E-state index >= 15 is 0 Å². The van der Waals surface area contributed by atoms with Gasteiger partial charge in [0.25, 0.3) is 0 Å². The van der Waals surface area contributed by atoms with Crippen LogP contribution in [0.15, 0.2) is 0 Å². The Morgan fingerprint density at radius 2 is 2.05 bits per heavy atom. The van der Waals surface area contributed by atoms with Crippen molar-refractivity contribution in [3.63, 3.8) is 0 Å². The molecule has 1 rings (SSSR count). The highest BCUT2D eigenvalue weighted by Crippen LogP contribution is 2.17. The van der Waals surface area contributed by atoms with Crippen molar-refractivity contribution < 1.29 is 4.79 Å². The van der Waals surface area contributed by atoms with Gasteiger partial charge in [0, 0.05) is 32.1 Å². The second-order valence-corrected chi connectivity index (χ2v) is 6.25. The van der Waals surface area contributed by atoms with Crippen molar-refractivity contribution in [3.05, 3.63) is 0 Å². The van der Waals surface area contributed by atoms with Gasteiger partial charge < -0.3 is 10.6 Å². The molecule has 1 saturated heterocycles. The molecular weight excluding hydrogens is 238 g/mol.